The number of nitrogens with zero attached hydrogens (tertiary/aromatic N) is 1. The summed E-state index contributed by atoms with van der Waals surface area (Å²) < 4.78 is 31.8. The lowest BCUT2D eigenvalue weighted by molar-refractivity contribution is -0.111. The van der Waals surface area contributed by atoms with Crippen LogP contribution in [0.3, 0.4) is 0 Å². The fourth-order valence-corrected chi connectivity index (χ4v) is 2.90. The molecule has 132 valence electrons. The summed E-state index contributed by atoms with van der Waals surface area (Å²) in [6.07, 6.45) is 3.03. The average Bonchev–Trinajstić information content (AvgIpc) is 3.08. The molecule has 0 saturated carbocycles. The van der Waals surface area contributed by atoms with Crippen LogP contribution in [-0.2, 0) is 4.79 Å². The molecule has 0 aliphatic heterocycles. The molecule has 0 aliphatic rings. The fourth-order valence-electron chi connectivity index (χ4n) is 2.19. The van der Waals surface area contributed by atoms with Crippen molar-refractivity contribution in [1.82, 2.24) is 4.98 Å². The Balaban J connectivity index is 1.66. The lowest BCUT2D eigenvalue weighted by Crippen LogP contribution is -2.07. The van der Waals surface area contributed by atoms with Crippen LogP contribution in [0.4, 0.5) is 13.9 Å². The molecule has 0 fully saturated rings. The topological polar surface area (TPSA) is 51.2 Å². The Hall–Kier alpha value is -3.06. The van der Waals surface area contributed by atoms with Gasteiger partial charge in [-0.05, 0) is 35.9 Å². The van der Waals surface area contributed by atoms with Gasteiger partial charge < -0.3 is 4.74 Å². The molecule has 1 aromatic heterocycles. The number of hydrogen-bond acceptors (Lipinski definition) is 4. The molecular weight excluding hydrogens is 358 g/mol. The summed E-state index contributed by atoms with van der Waals surface area (Å²) in [6.45, 7) is 0. The zero-order valence-corrected chi connectivity index (χ0v) is 14.5. The third kappa shape index (κ3) is 4.31. The zero-order chi connectivity index (χ0) is 18.5. The third-order valence-corrected chi connectivity index (χ3v) is 4.24. The normalized spacial score (nSPS) is 10.9. The highest BCUT2D eigenvalue weighted by Crippen LogP contribution is 2.27. The molecule has 2 aromatic carbocycles. The number of carbonyl (C=O) groups is 1. The molecule has 26 heavy (non-hydrogen) atoms. The first-order chi connectivity index (χ1) is 12.5. The molecule has 0 saturated heterocycles. The van der Waals surface area contributed by atoms with Crippen LogP contribution in [-0.4, -0.2) is 18.0 Å². The molecule has 0 aliphatic carbocycles. The average molecular weight is 372 g/mol. The van der Waals surface area contributed by atoms with Crippen molar-refractivity contribution in [3.05, 3.63) is 71.1 Å². The summed E-state index contributed by atoms with van der Waals surface area (Å²) in [5.41, 5.74) is 1.35. The predicted octanol–water partition coefficient (Wildman–Crippen LogP) is 4.75. The molecule has 0 bridgehead atoms. The number of amides is 1. The lowest BCUT2D eigenvalue weighted by Gasteiger charge is -2.00. The van der Waals surface area contributed by atoms with Gasteiger partial charge >= 0.3 is 0 Å². The number of aromatic nitrogens is 1. The van der Waals surface area contributed by atoms with Gasteiger partial charge in [0, 0.05) is 23.1 Å². The summed E-state index contributed by atoms with van der Waals surface area (Å²) in [6, 6.07) is 10.5. The van der Waals surface area contributed by atoms with Crippen LogP contribution in [0.1, 0.15) is 5.56 Å². The van der Waals surface area contributed by atoms with Gasteiger partial charge in [-0.2, -0.15) is 0 Å². The number of nitrogens with one attached hydrogen (secondary N) is 1. The second-order valence-corrected chi connectivity index (χ2v) is 6.12. The van der Waals surface area contributed by atoms with Gasteiger partial charge in [-0.25, -0.2) is 13.8 Å². The van der Waals surface area contributed by atoms with Gasteiger partial charge in [0.2, 0.25) is 5.91 Å². The monoisotopic (exact) mass is 372 g/mol. The second kappa shape index (κ2) is 7.88. The van der Waals surface area contributed by atoms with Crippen LogP contribution < -0.4 is 10.1 Å². The zero-order valence-electron chi connectivity index (χ0n) is 13.7. The van der Waals surface area contributed by atoms with E-state index in [1.54, 1.807) is 30.7 Å². The van der Waals surface area contributed by atoms with Crippen LogP contribution in [0, 0.1) is 11.6 Å². The van der Waals surface area contributed by atoms with Crippen molar-refractivity contribution in [2.24, 2.45) is 0 Å². The number of carbonyl (C=O) groups excluding carboxylic acids is 1. The highest BCUT2D eigenvalue weighted by Gasteiger charge is 2.11. The van der Waals surface area contributed by atoms with E-state index >= 15 is 0 Å². The van der Waals surface area contributed by atoms with Crippen molar-refractivity contribution < 1.29 is 18.3 Å². The highest BCUT2D eigenvalue weighted by atomic mass is 32.1. The second-order valence-electron chi connectivity index (χ2n) is 5.26. The van der Waals surface area contributed by atoms with Gasteiger partial charge in [-0.3, -0.25) is 10.1 Å². The van der Waals surface area contributed by atoms with E-state index < -0.39 is 11.6 Å². The molecule has 7 heteroatoms. The number of methoxy groups -OCH3 is 1. The van der Waals surface area contributed by atoms with Gasteiger partial charge in [0.05, 0.1) is 12.8 Å². The first kappa shape index (κ1) is 17.8. The van der Waals surface area contributed by atoms with Gasteiger partial charge in [0.25, 0.3) is 0 Å². The van der Waals surface area contributed by atoms with Crippen molar-refractivity contribution in [1.29, 1.82) is 0 Å². The molecular formula is C19H14F2N2O2S. The quantitative estimate of drug-likeness (QED) is 0.658. The van der Waals surface area contributed by atoms with Crippen LogP contribution >= 0.6 is 11.3 Å². The van der Waals surface area contributed by atoms with Crippen molar-refractivity contribution in [3.8, 4) is 17.0 Å². The number of thiazole rings is 1. The van der Waals surface area contributed by atoms with Crippen LogP contribution in [0.25, 0.3) is 17.3 Å². The molecule has 0 unspecified atom stereocenters. The molecule has 1 heterocycles. The van der Waals surface area contributed by atoms with Gasteiger partial charge in [-0.1, -0.05) is 12.1 Å². The first-order valence-corrected chi connectivity index (χ1v) is 8.47. The minimum Gasteiger partial charge on any atom is -0.497 e. The van der Waals surface area contributed by atoms with Crippen molar-refractivity contribution in [2.75, 3.05) is 12.4 Å². The Morgan fingerprint density at radius 1 is 1.19 bits per heavy atom. The summed E-state index contributed by atoms with van der Waals surface area (Å²) in [5.74, 6) is -0.984. The maximum absolute atomic E-state index is 13.8. The van der Waals surface area contributed by atoms with E-state index in [0.717, 1.165) is 34.8 Å². The Labute approximate surface area is 152 Å². The van der Waals surface area contributed by atoms with Crippen molar-refractivity contribution >= 4 is 28.5 Å². The number of anilines is 1. The summed E-state index contributed by atoms with van der Waals surface area (Å²) in [7, 11) is 1.58. The van der Waals surface area contributed by atoms with Crippen molar-refractivity contribution in [2.45, 2.75) is 0 Å². The Morgan fingerprint density at radius 2 is 1.96 bits per heavy atom. The van der Waals surface area contributed by atoms with E-state index in [-0.39, 0.29) is 11.5 Å². The Morgan fingerprint density at radius 3 is 2.65 bits per heavy atom. The molecule has 0 spiro atoms. The first-order valence-electron chi connectivity index (χ1n) is 7.59. The summed E-state index contributed by atoms with van der Waals surface area (Å²) in [4.78, 5) is 16.1. The number of benzene rings is 2. The molecule has 0 atom stereocenters. The molecule has 1 N–H and O–H groups in total. The third-order valence-electron chi connectivity index (χ3n) is 3.48. The summed E-state index contributed by atoms with van der Waals surface area (Å²) >= 11 is 1.16. The smallest absolute Gasteiger partial charge is 0.250 e. The summed E-state index contributed by atoms with van der Waals surface area (Å²) in [5, 5.41) is 4.54. The molecule has 3 rings (SSSR count). The number of hydrogen-bond donors (Lipinski definition) is 1. The maximum Gasteiger partial charge on any atom is 0.250 e. The van der Waals surface area contributed by atoms with Gasteiger partial charge in [0.15, 0.2) is 5.13 Å². The molecule has 0 radical (unpaired) electrons. The number of ether oxygens (including phenoxy) is 1. The van der Waals surface area contributed by atoms with Crippen LogP contribution in [0.5, 0.6) is 5.75 Å². The minimum atomic E-state index is -0.701. The van der Waals surface area contributed by atoms with Crippen molar-refractivity contribution in [3.63, 3.8) is 0 Å². The van der Waals surface area contributed by atoms with E-state index in [0.29, 0.717) is 10.8 Å². The fraction of sp³-hybridized carbons (Fsp3) is 0.0526. The van der Waals surface area contributed by atoms with E-state index in [4.69, 9.17) is 4.74 Å². The number of halogens is 2. The molecule has 1 amide bonds. The van der Waals surface area contributed by atoms with E-state index in [1.165, 1.54) is 12.1 Å². The van der Waals surface area contributed by atoms with E-state index in [2.05, 4.69) is 10.3 Å². The maximum atomic E-state index is 13.8. The lowest BCUT2D eigenvalue weighted by atomic mass is 10.1. The Bertz CT molecular complexity index is 952. The van der Waals surface area contributed by atoms with E-state index in [9.17, 15) is 13.6 Å². The Kier molecular flexibility index (Phi) is 5.38. The highest BCUT2D eigenvalue weighted by molar-refractivity contribution is 7.14. The number of rotatable bonds is 5. The largest absolute Gasteiger partial charge is 0.497 e. The van der Waals surface area contributed by atoms with Gasteiger partial charge in [-0.15, -0.1) is 11.3 Å². The molecule has 4 nitrogen and oxygen atoms in total. The standard InChI is InChI=1S/C19H14F2N2O2S/c1-25-14-6-2-12(3-7-14)4-9-18(24)23-19-22-17(11-26-19)15-8-5-13(20)10-16(15)21/h2-11H,1H3,(H,22,23,24)/b9-4-. The van der Waals surface area contributed by atoms with Crippen LogP contribution in [0.15, 0.2) is 53.9 Å². The SMILES string of the molecule is COc1ccc(/C=C\C(=O)Nc2nc(-c3ccc(F)cc3F)cs2)cc1. The molecule has 3 aromatic rings. The van der Waals surface area contributed by atoms with Crippen LogP contribution in [0.2, 0.25) is 0 Å². The predicted molar refractivity (Wildman–Crippen MR) is 98.1 cm³/mol. The van der Waals surface area contributed by atoms with E-state index in [1.807, 2.05) is 12.1 Å². The minimum absolute atomic E-state index is 0.178. The van der Waals surface area contributed by atoms with Gasteiger partial charge in [0.1, 0.15) is 17.4 Å².